The van der Waals surface area contributed by atoms with Gasteiger partial charge in [-0.15, -0.1) is 0 Å². The highest BCUT2D eigenvalue weighted by molar-refractivity contribution is 8.74. The van der Waals surface area contributed by atoms with Gasteiger partial charge in [-0.3, -0.25) is 4.57 Å². The Morgan fingerprint density at radius 3 is 0.550 bits per heavy atom. The van der Waals surface area contributed by atoms with Gasteiger partial charge < -0.3 is 22.7 Å². The Balaban J connectivity index is 0.000000157. The average Bonchev–Trinajstić information content (AvgIpc) is 0.734. The molecule has 19 heteroatoms. The van der Waals surface area contributed by atoms with E-state index in [4.69, 9.17) is 77.1 Å². The maximum Gasteiger partial charge on any atom is 0.367 e. The van der Waals surface area contributed by atoms with Gasteiger partial charge in [0.15, 0.2) is 13.9 Å². The van der Waals surface area contributed by atoms with Crippen LogP contribution < -0.4 is 63.7 Å². The normalized spacial score (nSPS) is 12.0. The lowest BCUT2D eigenvalue weighted by atomic mass is 10.4. The molecule has 0 aliphatic carbocycles. The molecule has 0 aliphatic heterocycles. The van der Waals surface area contributed by atoms with Gasteiger partial charge in [-0.2, -0.15) is 0 Å². The van der Waals surface area contributed by atoms with Gasteiger partial charge in [0, 0.05) is 32.7 Å². The molecule has 100 heavy (non-hydrogen) atoms. The number of rotatable bonds is 24. The fourth-order valence-corrected chi connectivity index (χ4v) is 56.5. The molecule has 0 heterocycles. The van der Waals surface area contributed by atoms with Crippen LogP contribution in [0.3, 0.4) is 0 Å². The van der Waals surface area contributed by atoms with Crippen molar-refractivity contribution in [2.75, 3.05) is 26.4 Å². The Morgan fingerprint density at radius 2 is 0.370 bits per heavy atom. The van der Waals surface area contributed by atoms with E-state index in [9.17, 15) is 4.57 Å². The zero-order chi connectivity index (χ0) is 71.0. The maximum atomic E-state index is 15.2. The summed E-state index contributed by atoms with van der Waals surface area (Å²) in [5.41, 5.74) is -12.4. The van der Waals surface area contributed by atoms with Crippen molar-refractivity contribution in [1.82, 2.24) is 0 Å². The zero-order valence-electron chi connectivity index (χ0n) is 56.2. The number of hydrogen-bond acceptors (Lipinski definition) is 11. The molecule has 0 saturated heterocycles. The first-order valence-corrected chi connectivity index (χ1v) is 54.6. The van der Waals surface area contributed by atoms with E-state index in [0.29, 0.717) is 26.4 Å². The summed E-state index contributed by atoms with van der Waals surface area (Å²) in [4.78, 5) is 0. The molecule has 12 aromatic rings. The summed E-state index contributed by atoms with van der Waals surface area (Å²) in [6.45, 7) is 6.09. The van der Waals surface area contributed by atoms with Crippen LogP contribution in [0.5, 0.6) is 0 Å². The Hall–Kier alpha value is -5.51. The third-order valence-corrected chi connectivity index (χ3v) is 70.6. The molecular weight excluding hydrogens is 1480 g/mol. The summed E-state index contributed by atoms with van der Waals surface area (Å²) in [6, 6.07) is 121. The summed E-state index contributed by atoms with van der Waals surface area (Å²) < 4.78 is 52.1. The van der Waals surface area contributed by atoms with E-state index in [1.807, 2.05) is 257 Å². The second kappa shape index (κ2) is 37.3. The third kappa shape index (κ3) is 16.8. The van der Waals surface area contributed by atoms with E-state index >= 15 is 4.57 Å². The van der Waals surface area contributed by atoms with Crippen molar-refractivity contribution in [3.05, 3.63) is 364 Å². The quantitative estimate of drug-likeness (QED) is 0.0543. The van der Waals surface area contributed by atoms with Crippen LogP contribution in [0.2, 0.25) is 0 Å². The zero-order valence-corrected chi connectivity index (χ0v) is 67.5. The SMILES string of the molecule is C=P(OCC)(OCC)P(=S)(c1ccccc1)c1ccccc1.CCOP(=O)(OCC)P(=S)(c1ccccc1)c1ccccc1.O=P(c1ccccc1)(c1ccccc1)P(=S)(c1ccccc1)c1ccccc1.S=P(c1ccccc1)(c1ccccc1)P(=S)(c1ccccc1)c1ccccc1. The minimum Gasteiger partial charge on any atom is -0.334 e. The van der Waals surface area contributed by atoms with Crippen LogP contribution >= 0.6 is 49.8 Å². The van der Waals surface area contributed by atoms with Gasteiger partial charge in [-0.1, -0.05) is 423 Å². The second-order valence-electron chi connectivity index (χ2n) is 22.3. The molecule has 0 unspecified atom stereocenters. The Kier molecular flexibility index (Phi) is 29.3. The summed E-state index contributed by atoms with van der Waals surface area (Å²) in [6.07, 6.45) is 4.39. The molecule has 0 aliphatic rings. The van der Waals surface area contributed by atoms with Crippen LogP contribution in [-0.4, -0.2) is 32.7 Å². The van der Waals surface area contributed by atoms with Gasteiger partial charge in [0.2, 0.25) is 0 Å². The van der Waals surface area contributed by atoms with Gasteiger partial charge in [-0.05, 0) is 76.4 Å². The molecule has 0 radical (unpaired) electrons. The van der Waals surface area contributed by atoms with Gasteiger partial charge >= 0.3 is 7.28 Å². The van der Waals surface area contributed by atoms with Crippen molar-refractivity contribution in [3.8, 4) is 0 Å². The molecule has 0 atom stereocenters. The first-order valence-electron chi connectivity index (χ1n) is 32.7. The molecule has 0 N–H and O–H groups in total. The van der Waals surface area contributed by atoms with Gasteiger partial charge in [-0.25, -0.2) is 0 Å². The van der Waals surface area contributed by atoms with Crippen LogP contribution in [-0.2, 0) is 86.3 Å². The highest BCUT2D eigenvalue weighted by atomic mass is 32.8. The number of hydrogen-bond donors (Lipinski definition) is 0. The Bertz CT molecular complexity index is 4110. The largest absolute Gasteiger partial charge is 0.367 e. The fraction of sp³-hybridized carbons (Fsp3) is 0.0988. The molecule has 0 amide bonds. The molecule has 0 spiro atoms. The van der Waals surface area contributed by atoms with E-state index < -0.39 is 49.8 Å². The first-order chi connectivity index (χ1) is 48.5. The molecule has 6 nitrogen and oxygen atoms in total. The van der Waals surface area contributed by atoms with Crippen LogP contribution in [0, 0.1) is 0 Å². The van der Waals surface area contributed by atoms with Crippen molar-refractivity contribution in [2.45, 2.75) is 27.7 Å². The summed E-state index contributed by atoms with van der Waals surface area (Å²) in [5, 5.41) is 12.2. The van der Waals surface area contributed by atoms with Crippen molar-refractivity contribution < 1.29 is 27.2 Å². The summed E-state index contributed by atoms with van der Waals surface area (Å²) in [5.74, 6) is 0. The van der Waals surface area contributed by atoms with Gasteiger partial charge in [0.1, 0.15) is 5.73 Å². The van der Waals surface area contributed by atoms with E-state index in [1.165, 1.54) is 21.2 Å². The molecule has 0 fully saturated rings. The Labute approximate surface area is 618 Å². The van der Waals surface area contributed by atoms with Crippen molar-refractivity contribution in [3.63, 3.8) is 0 Å². The molecule has 512 valence electrons. The highest BCUT2D eigenvalue weighted by Gasteiger charge is 2.47. The minimum atomic E-state index is -3.46. The molecular formula is C81H82O6P8S5. The standard InChI is InChI=1S/C24H20OP2S.C24H20P2S2.C17H22O2P2S.C16H20O3P2S/c25-26(21-13-5-1-6-14-21,22-15-7-2-8-16-22)27(28,23-17-9-3-10-18-23)24-19-11-4-12-20-24;27-25(21-13-5-1-6-14-21,22-15-7-2-8-16-22)26(28,23-17-9-3-10-18-23)24-19-11-4-12-20-24;1-4-18-20(3,19-5-2)21(22,16-12-8-6-9-13-16)17-14-10-7-11-15-17;1-3-18-21(17,19-4-2)20(22,15-11-7-5-8-12-15)16-13-9-6-10-14-16/h2*1-20H;6-15H,3-5H2,1-2H3;5-14H,3-4H2,1-2H3. The predicted octanol–water partition coefficient (Wildman–Crippen LogP) is 18.9. The van der Waals surface area contributed by atoms with E-state index in [2.05, 4.69) is 128 Å². The first kappa shape index (κ1) is 78.6. The highest BCUT2D eigenvalue weighted by Crippen LogP contribution is 2.83. The lowest BCUT2D eigenvalue weighted by molar-refractivity contribution is 0.236. The van der Waals surface area contributed by atoms with Crippen molar-refractivity contribution in [1.29, 1.82) is 0 Å². The molecule has 0 bridgehead atoms. The Morgan fingerprint density at radius 1 is 0.220 bits per heavy atom. The fourth-order valence-electron chi connectivity index (χ4n) is 11.5. The summed E-state index contributed by atoms with van der Waals surface area (Å²) in [7, 11) is -5.92. The smallest absolute Gasteiger partial charge is 0.334 e. The van der Waals surface area contributed by atoms with Crippen LogP contribution in [0.15, 0.2) is 364 Å². The lowest BCUT2D eigenvalue weighted by Crippen LogP contribution is -2.25. The second-order valence-corrected chi connectivity index (χ2v) is 64.9. The van der Waals surface area contributed by atoms with Gasteiger partial charge in [0.05, 0.1) is 37.9 Å². The molecule has 12 aromatic carbocycles. The van der Waals surface area contributed by atoms with Crippen molar-refractivity contribution in [2.24, 2.45) is 0 Å². The topological polar surface area (TPSA) is 71.1 Å². The summed E-state index contributed by atoms with van der Waals surface area (Å²) >= 11 is 32.1. The molecule has 0 aromatic heterocycles. The van der Waals surface area contributed by atoms with E-state index in [-0.39, 0.29) is 0 Å². The average molecular weight is 1560 g/mol. The predicted molar refractivity (Wildman–Crippen MR) is 460 cm³/mol. The van der Waals surface area contributed by atoms with Gasteiger partial charge in [0.25, 0.3) is 0 Å². The monoisotopic (exact) mass is 1560 g/mol. The van der Waals surface area contributed by atoms with Crippen LogP contribution in [0.1, 0.15) is 27.7 Å². The maximum absolute atomic E-state index is 15.2. The number of benzene rings is 12. The van der Waals surface area contributed by atoms with Crippen molar-refractivity contribution >= 4 is 179 Å². The third-order valence-electron chi connectivity index (χ3n) is 16.1. The molecule has 12 rings (SSSR count). The van der Waals surface area contributed by atoms with Crippen LogP contribution in [0.25, 0.3) is 0 Å². The molecule has 0 saturated carbocycles. The van der Waals surface area contributed by atoms with E-state index in [0.717, 1.165) is 42.4 Å². The van der Waals surface area contributed by atoms with E-state index in [1.54, 1.807) is 13.8 Å². The lowest BCUT2D eigenvalue weighted by Gasteiger charge is -2.37. The van der Waals surface area contributed by atoms with Crippen LogP contribution in [0.4, 0.5) is 0 Å². The minimum absolute atomic E-state index is 0.301.